The van der Waals surface area contributed by atoms with Gasteiger partial charge in [0.15, 0.2) is 0 Å². The van der Waals surface area contributed by atoms with Crippen LogP contribution >= 0.6 is 15.8 Å². The number of hydrogen-bond donors (Lipinski definition) is 0. The second kappa shape index (κ2) is 11.3. The van der Waals surface area contributed by atoms with Crippen LogP contribution in [0.5, 0.6) is 0 Å². The van der Waals surface area contributed by atoms with Crippen LogP contribution < -0.4 is 15.9 Å². The molecule has 4 saturated carbocycles. The van der Waals surface area contributed by atoms with Crippen LogP contribution in [0.1, 0.15) is 69.8 Å². The predicted molar refractivity (Wildman–Crippen MR) is 180 cm³/mol. The normalized spacial score (nSPS) is 33.0. The van der Waals surface area contributed by atoms with E-state index in [4.69, 9.17) is 0 Å². The summed E-state index contributed by atoms with van der Waals surface area (Å²) in [7, 11) is -0.615. The monoisotopic (exact) mass is 574 g/mol. The number of fused-ring (bicyclic) bond motifs is 4. The number of hydrogen-bond acceptors (Lipinski definition) is 0. The first kappa shape index (κ1) is 26.6. The maximum atomic E-state index is 2.69. The summed E-state index contributed by atoms with van der Waals surface area (Å²) in [6.07, 6.45) is 19.9. The fourth-order valence-electron chi connectivity index (χ4n) is 9.86. The topological polar surface area (TPSA) is 0 Å². The Bertz CT molecular complexity index is 1360. The summed E-state index contributed by atoms with van der Waals surface area (Å²) in [5.41, 5.74) is 6.09. The van der Waals surface area contributed by atoms with Gasteiger partial charge in [0.05, 0.1) is 0 Å². The van der Waals surface area contributed by atoms with Crippen molar-refractivity contribution in [3.8, 4) is 0 Å². The van der Waals surface area contributed by atoms with Gasteiger partial charge in [-0.15, -0.1) is 0 Å². The van der Waals surface area contributed by atoms with Gasteiger partial charge in [-0.1, -0.05) is 136 Å². The largest absolute Gasteiger partial charge is 0.0926 e. The van der Waals surface area contributed by atoms with Gasteiger partial charge in [-0.05, 0) is 109 Å². The van der Waals surface area contributed by atoms with Crippen LogP contribution in [0, 0.1) is 23.7 Å². The lowest BCUT2D eigenvalue weighted by Gasteiger charge is -2.44. The first-order valence-corrected chi connectivity index (χ1v) is 19.3. The minimum Gasteiger partial charge on any atom is -0.0926 e. The molecule has 0 spiro atoms. The molecule has 0 heterocycles. The van der Waals surface area contributed by atoms with Crippen LogP contribution in [0.2, 0.25) is 0 Å². The van der Waals surface area contributed by atoms with Crippen LogP contribution in [0.4, 0.5) is 0 Å². The molecule has 3 aromatic rings. The molecule has 4 fully saturated rings. The van der Waals surface area contributed by atoms with Gasteiger partial charge in [0.2, 0.25) is 0 Å². The minimum absolute atomic E-state index is 0.00280. The van der Waals surface area contributed by atoms with Crippen LogP contribution in [0.25, 0.3) is 0 Å². The van der Waals surface area contributed by atoms with Crippen molar-refractivity contribution >= 4 is 31.8 Å². The molecule has 0 saturated heterocycles. The zero-order valence-corrected chi connectivity index (χ0v) is 26.3. The Hall–Kier alpha value is -2.00. The summed E-state index contributed by atoms with van der Waals surface area (Å²) >= 11 is 0. The first-order chi connectivity index (χ1) is 20.2. The highest BCUT2D eigenvalue weighted by Crippen LogP contribution is 2.70. The van der Waals surface area contributed by atoms with Crippen molar-refractivity contribution in [2.24, 2.45) is 23.7 Å². The number of allylic oxidation sites excluding steroid dienone is 4. The summed E-state index contributed by atoms with van der Waals surface area (Å²) in [6.45, 7) is 2.69. The average Bonchev–Trinajstić information content (AvgIpc) is 3.86. The van der Waals surface area contributed by atoms with Crippen molar-refractivity contribution in [2.45, 2.75) is 81.2 Å². The molecule has 2 heteroatoms. The summed E-state index contributed by atoms with van der Waals surface area (Å²) in [4.78, 5) is 0. The van der Waals surface area contributed by atoms with Crippen LogP contribution in [0.3, 0.4) is 0 Å². The van der Waals surface area contributed by atoms with Crippen LogP contribution in [-0.4, -0.2) is 17.0 Å². The Morgan fingerprint density at radius 3 is 1.73 bits per heavy atom. The van der Waals surface area contributed by atoms with E-state index in [2.05, 4.69) is 110 Å². The SMILES string of the molecule is CC(C1=CC=CC1c1ccccc1P(c1ccccc1)c1ccccc1)P(C1CC2CCC1C2)C1CC2CCC1C2. The van der Waals surface area contributed by atoms with Gasteiger partial charge in [0.25, 0.3) is 0 Å². The molecule has 210 valence electrons. The van der Waals surface area contributed by atoms with E-state index < -0.39 is 7.92 Å². The fourth-order valence-corrected chi connectivity index (χ4v) is 17.2. The molecule has 5 aliphatic rings. The Kier molecular flexibility index (Phi) is 7.30. The van der Waals surface area contributed by atoms with E-state index in [1.807, 2.05) is 0 Å². The van der Waals surface area contributed by atoms with Gasteiger partial charge in [-0.25, -0.2) is 0 Å². The summed E-state index contributed by atoms with van der Waals surface area (Å²) < 4.78 is 0. The molecular formula is C39H44P2. The summed E-state index contributed by atoms with van der Waals surface area (Å²) in [5, 5.41) is 4.44. The molecule has 0 radical (unpaired) electrons. The minimum atomic E-state index is -0.618. The maximum Gasteiger partial charge on any atom is 0.0247 e. The highest BCUT2D eigenvalue weighted by molar-refractivity contribution is 7.79. The molecule has 0 amide bonds. The Morgan fingerprint density at radius 2 is 1.20 bits per heavy atom. The van der Waals surface area contributed by atoms with Gasteiger partial charge in [0, 0.05) is 5.92 Å². The Labute approximate surface area is 250 Å². The molecule has 5 aliphatic carbocycles. The standard InChI is InChI=1S/C39H44P2/c1-27(40(38-25-28-19-21-30(38)23-28)39-26-29-20-22-31(39)24-29)34-16-10-17-35(34)36-15-8-9-18-37(36)41(32-11-4-2-5-12-32)33-13-6-3-7-14-33/h2-18,27-31,35,38-39H,19-26H2,1H3. The molecule has 3 aromatic carbocycles. The molecule has 0 aromatic heterocycles. The van der Waals surface area contributed by atoms with Gasteiger partial charge in [0.1, 0.15) is 0 Å². The van der Waals surface area contributed by atoms with E-state index in [0.717, 1.165) is 40.6 Å². The lowest BCUT2D eigenvalue weighted by Crippen LogP contribution is -2.31. The fraction of sp³-hybridized carbons (Fsp3) is 0.436. The first-order valence-electron chi connectivity index (χ1n) is 16.4. The van der Waals surface area contributed by atoms with Crippen molar-refractivity contribution in [3.05, 3.63) is 114 Å². The molecule has 0 N–H and O–H groups in total. The predicted octanol–water partition coefficient (Wildman–Crippen LogP) is 9.27. The van der Waals surface area contributed by atoms with E-state index in [1.54, 1.807) is 42.1 Å². The second-order valence-corrected chi connectivity index (χ2v) is 18.9. The Morgan fingerprint density at radius 1 is 0.634 bits per heavy atom. The lowest BCUT2D eigenvalue weighted by atomic mass is 9.92. The zero-order chi connectivity index (χ0) is 27.3. The van der Waals surface area contributed by atoms with Gasteiger partial charge in [-0.3, -0.25) is 0 Å². The van der Waals surface area contributed by atoms with E-state index in [1.165, 1.54) is 36.3 Å². The maximum absolute atomic E-state index is 2.69. The average molecular weight is 575 g/mol. The highest BCUT2D eigenvalue weighted by Gasteiger charge is 2.52. The smallest absolute Gasteiger partial charge is 0.0247 e. The Balaban J connectivity index is 1.17. The van der Waals surface area contributed by atoms with Crippen molar-refractivity contribution in [3.63, 3.8) is 0 Å². The number of rotatable bonds is 8. The van der Waals surface area contributed by atoms with Crippen molar-refractivity contribution < 1.29 is 0 Å². The van der Waals surface area contributed by atoms with Crippen molar-refractivity contribution in [1.29, 1.82) is 0 Å². The highest BCUT2D eigenvalue weighted by atomic mass is 31.1. The number of benzene rings is 3. The quantitative estimate of drug-likeness (QED) is 0.235. The van der Waals surface area contributed by atoms with Gasteiger partial charge >= 0.3 is 0 Å². The molecule has 8 rings (SSSR count). The molecule has 8 unspecified atom stereocenters. The van der Waals surface area contributed by atoms with E-state index in [9.17, 15) is 0 Å². The lowest BCUT2D eigenvalue weighted by molar-refractivity contribution is 0.459. The molecule has 4 bridgehead atoms. The van der Waals surface area contributed by atoms with Crippen molar-refractivity contribution in [1.82, 2.24) is 0 Å². The van der Waals surface area contributed by atoms with Gasteiger partial charge < -0.3 is 0 Å². The second-order valence-electron chi connectivity index (χ2n) is 13.7. The zero-order valence-electron chi connectivity index (χ0n) is 24.5. The molecular weight excluding hydrogens is 530 g/mol. The molecule has 8 atom stereocenters. The summed E-state index contributed by atoms with van der Waals surface area (Å²) in [6, 6.07) is 32.1. The third-order valence-electron chi connectivity index (χ3n) is 11.6. The van der Waals surface area contributed by atoms with Crippen molar-refractivity contribution in [2.75, 3.05) is 0 Å². The molecule has 0 nitrogen and oxygen atoms in total. The summed E-state index contributed by atoms with van der Waals surface area (Å²) in [5.74, 6) is 4.59. The van der Waals surface area contributed by atoms with E-state index in [0.29, 0.717) is 5.92 Å². The van der Waals surface area contributed by atoms with Gasteiger partial charge in [-0.2, -0.15) is 0 Å². The van der Waals surface area contributed by atoms with Crippen LogP contribution in [0.15, 0.2) is 109 Å². The molecule has 41 heavy (non-hydrogen) atoms. The van der Waals surface area contributed by atoms with E-state index in [-0.39, 0.29) is 7.92 Å². The molecule has 0 aliphatic heterocycles. The van der Waals surface area contributed by atoms with E-state index >= 15 is 0 Å². The third-order valence-corrected chi connectivity index (χ3v) is 18.1. The van der Waals surface area contributed by atoms with Crippen LogP contribution in [-0.2, 0) is 0 Å². The third kappa shape index (κ3) is 4.83.